The smallest absolute Gasteiger partial charge is 0.149 e. The predicted molar refractivity (Wildman–Crippen MR) is 60.5 cm³/mol. The van der Waals surface area contributed by atoms with E-state index < -0.39 is 0 Å². The highest BCUT2D eigenvalue weighted by Gasteiger charge is 2.09. The minimum atomic E-state index is 0.181. The van der Waals surface area contributed by atoms with Crippen LogP contribution >= 0.6 is 0 Å². The molecule has 0 radical (unpaired) electrons. The number of rotatable bonds is 4. The molecule has 0 fully saturated rings. The highest BCUT2D eigenvalue weighted by atomic mass is 15.3. The quantitative estimate of drug-likeness (QED) is 0.832. The maximum absolute atomic E-state index is 4.07. The second-order valence-electron chi connectivity index (χ2n) is 3.76. The number of aryl methyl sites for hydroxylation is 1. The van der Waals surface area contributed by atoms with Gasteiger partial charge in [0.1, 0.15) is 12.2 Å². The van der Waals surface area contributed by atoms with Crippen LogP contribution < -0.4 is 5.32 Å². The Labute approximate surface area is 94.5 Å². The van der Waals surface area contributed by atoms with Gasteiger partial charge in [-0.05, 0) is 24.6 Å². The van der Waals surface area contributed by atoms with Crippen LogP contribution in [0.15, 0.2) is 30.9 Å². The third-order valence-electron chi connectivity index (χ3n) is 2.50. The molecule has 0 aliphatic heterocycles. The van der Waals surface area contributed by atoms with Crippen LogP contribution in [0, 0.1) is 0 Å². The highest BCUT2D eigenvalue weighted by Crippen LogP contribution is 2.08. The summed E-state index contributed by atoms with van der Waals surface area (Å²) in [5, 5.41) is 11.3. The average Bonchev–Trinajstić information content (AvgIpc) is 2.74. The second-order valence-corrected chi connectivity index (χ2v) is 3.76. The maximum Gasteiger partial charge on any atom is 0.149 e. The SMILES string of the molecule is CC(NCc1ccncc1)c1nncn1C. The fourth-order valence-corrected chi connectivity index (χ4v) is 1.55. The van der Waals surface area contributed by atoms with Crippen molar-refractivity contribution in [3.63, 3.8) is 0 Å². The summed E-state index contributed by atoms with van der Waals surface area (Å²) in [6.07, 6.45) is 5.30. The van der Waals surface area contributed by atoms with Gasteiger partial charge in [0.2, 0.25) is 0 Å². The van der Waals surface area contributed by atoms with E-state index in [2.05, 4.69) is 27.4 Å². The van der Waals surface area contributed by atoms with E-state index in [1.54, 1.807) is 18.7 Å². The Kier molecular flexibility index (Phi) is 3.26. The Morgan fingerprint density at radius 1 is 1.38 bits per heavy atom. The van der Waals surface area contributed by atoms with E-state index in [0.717, 1.165) is 12.4 Å². The standard InChI is InChI=1S/C11H15N5/c1-9(11-15-14-8-16(11)2)13-7-10-3-5-12-6-4-10/h3-6,8-9,13H,7H2,1-2H3. The van der Waals surface area contributed by atoms with Gasteiger partial charge in [0, 0.05) is 26.0 Å². The highest BCUT2D eigenvalue weighted by molar-refractivity contribution is 5.09. The predicted octanol–water partition coefficient (Wildman–Crippen LogP) is 1.06. The summed E-state index contributed by atoms with van der Waals surface area (Å²) >= 11 is 0. The molecule has 5 heteroatoms. The van der Waals surface area contributed by atoms with Crippen molar-refractivity contribution in [3.05, 3.63) is 42.2 Å². The number of pyridine rings is 1. The molecule has 2 aromatic heterocycles. The molecular formula is C11H15N5. The zero-order chi connectivity index (χ0) is 11.4. The van der Waals surface area contributed by atoms with Gasteiger partial charge in [-0.1, -0.05) is 0 Å². The minimum absolute atomic E-state index is 0.181. The number of hydrogen-bond donors (Lipinski definition) is 1. The third-order valence-corrected chi connectivity index (χ3v) is 2.50. The van der Waals surface area contributed by atoms with E-state index in [4.69, 9.17) is 0 Å². The van der Waals surface area contributed by atoms with Gasteiger partial charge in [-0.15, -0.1) is 10.2 Å². The van der Waals surface area contributed by atoms with Gasteiger partial charge < -0.3 is 9.88 Å². The van der Waals surface area contributed by atoms with E-state index in [1.165, 1.54) is 5.56 Å². The molecule has 2 rings (SSSR count). The Balaban J connectivity index is 1.94. The van der Waals surface area contributed by atoms with Crippen LogP contribution in [0.5, 0.6) is 0 Å². The molecule has 0 aromatic carbocycles. The summed E-state index contributed by atoms with van der Waals surface area (Å²) in [6.45, 7) is 2.88. The summed E-state index contributed by atoms with van der Waals surface area (Å²) in [5.74, 6) is 0.939. The summed E-state index contributed by atoms with van der Waals surface area (Å²) in [7, 11) is 1.94. The normalized spacial score (nSPS) is 12.6. The molecule has 0 spiro atoms. The summed E-state index contributed by atoms with van der Waals surface area (Å²) in [4.78, 5) is 3.98. The molecule has 0 bridgehead atoms. The van der Waals surface area contributed by atoms with Crippen LogP contribution in [0.25, 0.3) is 0 Å². The molecule has 0 aliphatic carbocycles. The molecule has 1 unspecified atom stereocenters. The number of nitrogens with one attached hydrogen (secondary N) is 1. The molecule has 2 aromatic rings. The van der Waals surface area contributed by atoms with Crippen molar-refractivity contribution >= 4 is 0 Å². The molecule has 0 aliphatic rings. The van der Waals surface area contributed by atoms with Crippen LogP contribution in [0.4, 0.5) is 0 Å². The fourth-order valence-electron chi connectivity index (χ4n) is 1.55. The Hall–Kier alpha value is -1.75. The molecule has 2 heterocycles. The van der Waals surface area contributed by atoms with Gasteiger partial charge in [-0.2, -0.15) is 0 Å². The topological polar surface area (TPSA) is 55.6 Å². The van der Waals surface area contributed by atoms with Crippen molar-refractivity contribution in [3.8, 4) is 0 Å². The monoisotopic (exact) mass is 217 g/mol. The summed E-state index contributed by atoms with van der Waals surface area (Å²) in [6, 6.07) is 4.17. The lowest BCUT2D eigenvalue weighted by atomic mass is 10.2. The molecule has 0 amide bonds. The van der Waals surface area contributed by atoms with E-state index in [0.29, 0.717) is 0 Å². The van der Waals surface area contributed by atoms with Crippen molar-refractivity contribution in [1.29, 1.82) is 0 Å². The average molecular weight is 217 g/mol. The molecule has 84 valence electrons. The van der Waals surface area contributed by atoms with Crippen LogP contribution in [0.3, 0.4) is 0 Å². The molecular weight excluding hydrogens is 202 g/mol. The first-order valence-electron chi connectivity index (χ1n) is 5.23. The first-order valence-corrected chi connectivity index (χ1v) is 5.23. The van der Waals surface area contributed by atoms with Crippen LogP contribution in [0.2, 0.25) is 0 Å². The van der Waals surface area contributed by atoms with Crippen molar-refractivity contribution in [2.24, 2.45) is 7.05 Å². The number of hydrogen-bond acceptors (Lipinski definition) is 4. The van der Waals surface area contributed by atoms with Gasteiger partial charge in [0.15, 0.2) is 0 Å². The van der Waals surface area contributed by atoms with Gasteiger partial charge in [-0.25, -0.2) is 0 Å². The lowest BCUT2D eigenvalue weighted by molar-refractivity contribution is 0.528. The van der Waals surface area contributed by atoms with E-state index in [1.807, 2.05) is 23.7 Å². The van der Waals surface area contributed by atoms with Crippen LogP contribution in [0.1, 0.15) is 24.4 Å². The van der Waals surface area contributed by atoms with Gasteiger partial charge >= 0.3 is 0 Å². The maximum atomic E-state index is 4.07. The van der Waals surface area contributed by atoms with Crippen molar-refractivity contribution in [1.82, 2.24) is 25.1 Å². The molecule has 16 heavy (non-hydrogen) atoms. The van der Waals surface area contributed by atoms with Crippen molar-refractivity contribution < 1.29 is 0 Å². The molecule has 1 N–H and O–H groups in total. The van der Waals surface area contributed by atoms with Crippen LogP contribution in [-0.4, -0.2) is 19.7 Å². The minimum Gasteiger partial charge on any atom is -0.319 e. The second kappa shape index (κ2) is 4.85. The zero-order valence-corrected chi connectivity index (χ0v) is 9.46. The van der Waals surface area contributed by atoms with Crippen molar-refractivity contribution in [2.75, 3.05) is 0 Å². The molecule has 5 nitrogen and oxygen atoms in total. The zero-order valence-electron chi connectivity index (χ0n) is 9.46. The van der Waals surface area contributed by atoms with E-state index >= 15 is 0 Å². The Morgan fingerprint density at radius 2 is 2.12 bits per heavy atom. The Morgan fingerprint density at radius 3 is 2.75 bits per heavy atom. The largest absolute Gasteiger partial charge is 0.319 e. The summed E-state index contributed by atoms with van der Waals surface area (Å²) < 4.78 is 1.92. The van der Waals surface area contributed by atoms with E-state index in [-0.39, 0.29) is 6.04 Å². The first kappa shape index (κ1) is 10.8. The van der Waals surface area contributed by atoms with Gasteiger partial charge in [0.05, 0.1) is 6.04 Å². The first-order chi connectivity index (χ1) is 7.77. The van der Waals surface area contributed by atoms with Gasteiger partial charge in [0.25, 0.3) is 0 Å². The molecule has 0 saturated heterocycles. The fraction of sp³-hybridized carbons (Fsp3) is 0.364. The lowest BCUT2D eigenvalue weighted by Crippen LogP contribution is -2.21. The molecule has 1 atom stereocenters. The van der Waals surface area contributed by atoms with Gasteiger partial charge in [-0.3, -0.25) is 4.98 Å². The van der Waals surface area contributed by atoms with E-state index in [9.17, 15) is 0 Å². The van der Waals surface area contributed by atoms with Crippen molar-refractivity contribution in [2.45, 2.75) is 19.5 Å². The number of nitrogens with zero attached hydrogens (tertiary/aromatic N) is 4. The number of aromatic nitrogens is 4. The lowest BCUT2D eigenvalue weighted by Gasteiger charge is -2.12. The molecule has 0 saturated carbocycles. The van der Waals surface area contributed by atoms with Crippen LogP contribution in [-0.2, 0) is 13.6 Å². The summed E-state index contributed by atoms with van der Waals surface area (Å²) in [5.41, 5.74) is 1.21. The Bertz CT molecular complexity index is 437. The third kappa shape index (κ3) is 2.43.